The van der Waals surface area contributed by atoms with E-state index in [-0.39, 0.29) is 23.9 Å². The molecule has 1 heterocycles. The molecule has 1 saturated heterocycles. The average Bonchev–Trinajstić information content (AvgIpc) is 2.72. The van der Waals surface area contributed by atoms with E-state index in [9.17, 15) is 9.59 Å². The minimum absolute atomic E-state index is 0.0964. The number of amides is 1. The Hall–Kier alpha value is -1.62. The molecule has 1 aliphatic heterocycles. The lowest BCUT2D eigenvalue weighted by Gasteiger charge is -2.25. The Bertz CT molecular complexity index is 390. The molecule has 0 aromatic carbocycles. The molecule has 19 heavy (non-hydrogen) atoms. The molecule has 106 valence electrons. The normalized spacial score (nSPS) is 28.9. The van der Waals surface area contributed by atoms with Gasteiger partial charge in [-0.25, -0.2) is 0 Å². The lowest BCUT2D eigenvalue weighted by atomic mass is 9.92. The van der Waals surface area contributed by atoms with Crippen LogP contribution in [0, 0.1) is 5.92 Å². The van der Waals surface area contributed by atoms with Gasteiger partial charge in [0, 0.05) is 13.0 Å². The molecule has 1 fully saturated rings. The smallest absolute Gasteiger partial charge is 0.320 e. The second-order valence-electron chi connectivity index (χ2n) is 4.76. The highest BCUT2D eigenvalue weighted by Gasteiger charge is 2.39. The monoisotopic (exact) mass is 266 g/mol. The third-order valence-corrected chi connectivity index (χ3v) is 3.26. The molecule has 0 aliphatic carbocycles. The zero-order chi connectivity index (χ0) is 14.4. The molecule has 3 N–H and O–H groups in total. The average molecular weight is 266 g/mol. The Labute approximate surface area is 113 Å². The summed E-state index contributed by atoms with van der Waals surface area (Å²) in [7, 11) is 0. The molecule has 0 bridgehead atoms. The summed E-state index contributed by atoms with van der Waals surface area (Å²) in [4.78, 5) is 22.4. The maximum absolute atomic E-state index is 11.3. The van der Waals surface area contributed by atoms with E-state index in [0.717, 1.165) is 0 Å². The van der Waals surface area contributed by atoms with E-state index in [1.165, 1.54) is 6.92 Å². The largest absolute Gasteiger partial charge is 0.480 e. The van der Waals surface area contributed by atoms with Crippen LogP contribution in [0.1, 0.15) is 27.2 Å². The summed E-state index contributed by atoms with van der Waals surface area (Å²) < 4.78 is 0. The summed E-state index contributed by atoms with van der Waals surface area (Å²) in [6, 6.07) is -0.863. The van der Waals surface area contributed by atoms with Crippen molar-refractivity contribution < 1.29 is 14.7 Å². The number of nitrogens with one attached hydrogen (secondary N) is 2. The number of allylic oxidation sites excluding steroid dienone is 2. The highest BCUT2D eigenvalue weighted by atomic mass is 16.4. The number of carbonyl (C=O) groups excluding carboxylic acids is 1. The van der Waals surface area contributed by atoms with E-state index >= 15 is 0 Å². The van der Waals surface area contributed by atoms with Crippen LogP contribution in [-0.4, -0.2) is 35.1 Å². The SMILES string of the molecule is C/C=C\[C@@H]1C[C@H](C(=O)O)NC1[C@H](/C=C/C)NC(C)=O. The van der Waals surface area contributed by atoms with Gasteiger partial charge in [0.1, 0.15) is 6.04 Å². The van der Waals surface area contributed by atoms with Crippen LogP contribution in [-0.2, 0) is 9.59 Å². The van der Waals surface area contributed by atoms with Crippen molar-refractivity contribution >= 4 is 11.9 Å². The molecule has 1 amide bonds. The molecule has 0 radical (unpaired) electrons. The van der Waals surface area contributed by atoms with Gasteiger partial charge >= 0.3 is 5.97 Å². The highest BCUT2D eigenvalue weighted by molar-refractivity contribution is 5.75. The van der Waals surface area contributed by atoms with Gasteiger partial charge in [-0.05, 0) is 26.2 Å². The molecule has 0 aromatic rings. The van der Waals surface area contributed by atoms with Crippen LogP contribution in [0.4, 0.5) is 0 Å². The van der Waals surface area contributed by atoms with Gasteiger partial charge in [0.2, 0.25) is 5.91 Å². The van der Waals surface area contributed by atoms with Crippen molar-refractivity contribution in [2.45, 2.75) is 45.3 Å². The van der Waals surface area contributed by atoms with E-state index in [1.54, 1.807) is 0 Å². The van der Waals surface area contributed by atoms with Crippen molar-refractivity contribution in [1.29, 1.82) is 0 Å². The molecule has 1 unspecified atom stereocenters. The van der Waals surface area contributed by atoms with Gasteiger partial charge in [-0.15, -0.1) is 0 Å². The first kappa shape index (κ1) is 15.4. The van der Waals surface area contributed by atoms with Crippen LogP contribution in [0.15, 0.2) is 24.3 Å². The lowest BCUT2D eigenvalue weighted by Crippen LogP contribution is -2.50. The number of carboxylic acid groups (broad SMARTS) is 1. The van der Waals surface area contributed by atoms with Crippen LogP contribution >= 0.6 is 0 Å². The molecule has 0 aromatic heterocycles. The van der Waals surface area contributed by atoms with Gasteiger partial charge in [0.25, 0.3) is 0 Å². The van der Waals surface area contributed by atoms with Crippen molar-refractivity contribution in [2.24, 2.45) is 5.92 Å². The first-order valence-electron chi connectivity index (χ1n) is 6.51. The van der Waals surface area contributed by atoms with E-state index in [4.69, 9.17) is 5.11 Å². The summed E-state index contributed by atoms with van der Waals surface area (Å²) in [6.45, 7) is 5.25. The molecular weight excluding hydrogens is 244 g/mol. The minimum Gasteiger partial charge on any atom is -0.480 e. The van der Waals surface area contributed by atoms with Gasteiger partial charge in [0.05, 0.1) is 6.04 Å². The second kappa shape index (κ2) is 7.09. The Kier molecular flexibility index (Phi) is 5.76. The summed E-state index contributed by atoms with van der Waals surface area (Å²) >= 11 is 0. The maximum Gasteiger partial charge on any atom is 0.320 e. The predicted molar refractivity (Wildman–Crippen MR) is 73.7 cm³/mol. The second-order valence-corrected chi connectivity index (χ2v) is 4.76. The molecular formula is C14H22N2O3. The van der Waals surface area contributed by atoms with Crippen molar-refractivity contribution in [2.75, 3.05) is 0 Å². The zero-order valence-electron chi connectivity index (χ0n) is 11.6. The van der Waals surface area contributed by atoms with Gasteiger partial charge in [-0.3, -0.25) is 14.9 Å². The van der Waals surface area contributed by atoms with Gasteiger partial charge in [-0.2, -0.15) is 0 Å². The number of carboxylic acids is 1. The molecule has 0 saturated carbocycles. The molecule has 5 heteroatoms. The van der Waals surface area contributed by atoms with Crippen molar-refractivity contribution in [3.8, 4) is 0 Å². The number of hydrogen-bond donors (Lipinski definition) is 3. The molecule has 0 spiro atoms. The third kappa shape index (κ3) is 4.21. The fourth-order valence-electron chi connectivity index (χ4n) is 2.53. The van der Waals surface area contributed by atoms with Crippen LogP contribution < -0.4 is 10.6 Å². The minimum atomic E-state index is -0.848. The van der Waals surface area contributed by atoms with E-state index in [1.807, 2.05) is 38.2 Å². The molecule has 1 aliphatic rings. The lowest BCUT2D eigenvalue weighted by molar-refractivity contribution is -0.139. The fraction of sp³-hybridized carbons (Fsp3) is 0.571. The highest BCUT2D eigenvalue weighted by Crippen LogP contribution is 2.25. The Morgan fingerprint density at radius 1 is 1.37 bits per heavy atom. The Morgan fingerprint density at radius 3 is 2.53 bits per heavy atom. The first-order valence-corrected chi connectivity index (χ1v) is 6.51. The predicted octanol–water partition coefficient (Wildman–Crippen LogP) is 1.07. The first-order chi connectivity index (χ1) is 8.99. The topological polar surface area (TPSA) is 78.4 Å². The molecule has 1 rings (SSSR count). The number of hydrogen-bond acceptors (Lipinski definition) is 3. The van der Waals surface area contributed by atoms with Crippen LogP contribution in [0.2, 0.25) is 0 Å². The van der Waals surface area contributed by atoms with Crippen molar-refractivity contribution in [3.63, 3.8) is 0 Å². The van der Waals surface area contributed by atoms with Crippen molar-refractivity contribution in [3.05, 3.63) is 24.3 Å². The van der Waals surface area contributed by atoms with E-state index < -0.39 is 12.0 Å². The van der Waals surface area contributed by atoms with Crippen LogP contribution in [0.25, 0.3) is 0 Å². The summed E-state index contributed by atoms with van der Waals surface area (Å²) in [5.41, 5.74) is 0. The molecule has 4 atom stereocenters. The number of rotatable bonds is 5. The summed E-state index contributed by atoms with van der Waals surface area (Å²) in [5, 5.41) is 15.1. The zero-order valence-corrected chi connectivity index (χ0v) is 11.6. The van der Waals surface area contributed by atoms with Gasteiger partial charge in [0.15, 0.2) is 0 Å². The third-order valence-electron chi connectivity index (χ3n) is 3.26. The van der Waals surface area contributed by atoms with E-state index in [2.05, 4.69) is 10.6 Å². The van der Waals surface area contributed by atoms with Crippen LogP contribution in [0.3, 0.4) is 0 Å². The maximum atomic E-state index is 11.3. The number of carbonyl (C=O) groups is 2. The number of aliphatic carboxylic acids is 1. The summed E-state index contributed by atoms with van der Waals surface area (Å²) in [6.07, 6.45) is 8.21. The molecule has 5 nitrogen and oxygen atoms in total. The summed E-state index contributed by atoms with van der Waals surface area (Å²) in [5.74, 6) is -0.874. The Morgan fingerprint density at radius 2 is 2.05 bits per heavy atom. The Balaban J connectivity index is 2.90. The van der Waals surface area contributed by atoms with Crippen LogP contribution in [0.5, 0.6) is 0 Å². The van der Waals surface area contributed by atoms with Gasteiger partial charge in [-0.1, -0.05) is 24.3 Å². The van der Waals surface area contributed by atoms with Crippen molar-refractivity contribution in [1.82, 2.24) is 10.6 Å². The fourth-order valence-corrected chi connectivity index (χ4v) is 2.53. The van der Waals surface area contributed by atoms with E-state index in [0.29, 0.717) is 6.42 Å². The van der Waals surface area contributed by atoms with Gasteiger partial charge < -0.3 is 10.4 Å². The standard InChI is InChI=1S/C14H22N2O3/c1-4-6-10-8-12(14(18)19)16-13(10)11(7-5-2)15-9(3)17/h4-7,10-13,16H,8H2,1-3H3,(H,15,17)(H,18,19)/b6-4-,7-5+/t10-,11+,12-,13?/m1/s1. The quantitative estimate of drug-likeness (QED) is 0.651.